The average Bonchev–Trinajstić information content (AvgIpc) is 3.09. The molecule has 8 rings (SSSR count). The molecule has 0 N–H and O–H groups in total. The van der Waals surface area contributed by atoms with Gasteiger partial charge in [0.05, 0.1) is 26.2 Å². The summed E-state index contributed by atoms with van der Waals surface area (Å²) in [6.07, 6.45) is 4.27. The van der Waals surface area contributed by atoms with Gasteiger partial charge in [0.1, 0.15) is 0 Å². The molecule has 0 unspecified atom stereocenters. The normalized spacial score (nSPS) is 29.5. The monoisotopic (exact) mass is 632 g/mol. The van der Waals surface area contributed by atoms with Gasteiger partial charge in [-0.2, -0.15) is 0 Å². The first-order chi connectivity index (χ1) is 18.4. The standard InChI is InChI=1S/C31H26Br2N2O3/c32-30-21-12-3-4-13-22(21)31(33,24-15-6-5-14-23(24)30)26-25(30)28(37)35(29(26)38)20-11-9-10-19(18-20)27(36)34-16-7-1-2-8-17-34/h3-6,9-15,18,25-26H,1-2,7-8,16-17H2/t25-,26-,30?,31?/m1/s1. The van der Waals surface area contributed by atoms with Crippen LogP contribution in [0.5, 0.6) is 0 Å². The van der Waals surface area contributed by atoms with E-state index >= 15 is 0 Å². The van der Waals surface area contributed by atoms with E-state index in [0.29, 0.717) is 11.3 Å². The molecule has 3 amide bonds. The van der Waals surface area contributed by atoms with Crippen molar-refractivity contribution in [1.29, 1.82) is 0 Å². The van der Waals surface area contributed by atoms with Crippen LogP contribution in [-0.4, -0.2) is 35.7 Å². The number of imide groups is 1. The van der Waals surface area contributed by atoms with Crippen molar-refractivity contribution in [1.82, 2.24) is 4.90 Å². The molecule has 0 saturated carbocycles. The quantitative estimate of drug-likeness (QED) is 0.253. The van der Waals surface area contributed by atoms with Gasteiger partial charge in [-0.3, -0.25) is 14.4 Å². The smallest absolute Gasteiger partial charge is 0.253 e. The minimum Gasteiger partial charge on any atom is -0.339 e. The van der Waals surface area contributed by atoms with Crippen LogP contribution in [0.2, 0.25) is 0 Å². The first kappa shape index (κ1) is 24.3. The molecular weight excluding hydrogens is 608 g/mol. The Morgan fingerprint density at radius 3 is 1.63 bits per heavy atom. The maximum absolute atomic E-state index is 14.3. The summed E-state index contributed by atoms with van der Waals surface area (Å²) in [5.74, 6) is -1.81. The molecular formula is C31H26Br2N2O3. The number of hydrogen-bond acceptors (Lipinski definition) is 3. The number of carbonyl (C=O) groups is 3. The third kappa shape index (κ3) is 3.06. The highest BCUT2D eigenvalue weighted by molar-refractivity contribution is 9.10. The van der Waals surface area contributed by atoms with Crippen LogP contribution in [0.1, 0.15) is 58.3 Å². The lowest BCUT2D eigenvalue weighted by molar-refractivity contribution is -0.122. The van der Waals surface area contributed by atoms with Gasteiger partial charge in [0, 0.05) is 18.7 Å². The van der Waals surface area contributed by atoms with Gasteiger partial charge < -0.3 is 4.90 Å². The molecule has 7 heteroatoms. The van der Waals surface area contributed by atoms with Crippen molar-refractivity contribution in [3.8, 4) is 0 Å². The lowest BCUT2D eigenvalue weighted by Gasteiger charge is -2.55. The maximum Gasteiger partial charge on any atom is 0.253 e. The lowest BCUT2D eigenvalue weighted by Crippen LogP contribution is -2.56. The van der Waals surface area contributed by atoms with Gasteiger partial charge in [0.15, 0.2) is 0 Å². The van der Waals surface area contributed by atoms with Crippen molar-refractivity contribution < 1.29 is 14.4 Å². The number of halogens is 2. The molecule has 2 saturated heterocycles. The largest absolute Gasteiger partial charge is 0.339 e. The number of benzene rings is 3. The van der Waals surface area contributed by atoms with Crippen LogP contribution in [-0.2, 0) is 18.2 Å². The Morgan fingerprint density at radius 2 is 1.16 bits per heavy atom. The topological polar surface area (TPSA) is 57.7 Å². The fourth-order valence-electron chi connectivity index (χ4n) is 7.16. The SMILES string of the molecule is O=C(c1cccc(N2C(=O)[C@H]3[C@H](C2=O)C2(Br)c4ccccc4C3(Br)c3ccccc32)c1)N1CCCCCC1. The van der Waals surface area contributed by atoms with E-state index in [2.05, 4.69) is 31.9 Å². The zero-order valence-electron chi connectivity index (χ0n) is 20.7. The van der Waals surface area contributed by atoms with Crippen molar-refractivity contribution in [2.24, 2.45) is 11.8 Å². The number of anilines is 1. The number of alkyl halides is 2. The molecule has 5 aliphatic rings. The Bertz CT molecular complexity index is 1390. The molecule has 192 valence electrons. The summed E-state index contributed by atoms with van der Waals surface area (Å²) < 4.78 is -1.66. The van der Waals surface area contributed by atoms with Crippen molar-refractivity contribution in [2.75, 3.05) is 18.0 Å². The molecule has 3 aromatic carbocycles. The number of carbonyl (C=O) groups excluding carboxylic acids is 3. The molecule has 2 atom stereocenters. The van der Waals surface area contributed by atoms with Crippen molar-refractivity contribution >= 4 is 55.3 Å². The van der Waals surface area contributed by atoms with Gasteiger partial charge in [-0.1, -0.05) is 99.3 Å². The summed E-state index contributed by atoms with van der Waals surface area (Å²) in [7, 11) is 0. The van der Waals surface area contributed by atoms with E-state index in [-0.39, 0.29) is 17.7 Å². The van der Waals surface area contributed by atoms with Crippen LogP contribution in [0, 0.1) is 11.8 Å². The molecule has 2 heterocycles. The van der Waals surface area contributed by atoms with Gasteiger partial charge in [0.25, 0.3) is 5.91 Å². The predicted molar refractivity (Wildman–Crippen MR) is 153 cm³/mol. The van der Waals surface area contributed by atoms with Crippen molar-refractivity contribution in [3.05, 3.63) is 101 Å². The van der Waals surface area contributed by atoms with E-state index in [9.17, 15) is 14.4 Å². The van der Waals surface area contributed by atoms with Crippen LogP contribution in [0.4, 0.5) is 5.69 Å². The van der Waals surface area contributed by atoms with E-state index in [1.807, 2.05) is 53.4 Å². The van der Waals surface area contributed by atoms with Crippen LogP contribution >= 0.6 is 31.9 Å². The molecule has 0 aromatic heterocycles. The molecule has 3 aromatic rings. The highest BCUT2D eigenvalue weighted by atomic mass is 79.9. The highest BCUT2D eigenvalue weighted by Gasteiger charge is 2.72. The maximum atomic E-state index is 14.3. The molecule has 38 heavy (non-hydrogen) atoms. The summed E-state index contributed by atoms with van der Waals surface area (Å²) in [5, 5.41) is 0. The van der Waals surface area contributed by atoms with Gasteiger partial charge >= 0.3 is 0 Å². The van der Waals surface area contributed by atoms with Crippen molar-refractivity contribution in [2.45, 2.75) is 34.3 Å². The van der Waals surface area contributed by atoms with Crippen molar-refractivity contribution in [3.63, 3.8) is 0 Å². The Morgan fingerprint density at radius 1 is 0.684 bits per heavy atom. The van der Waals surface area contributed by atoms with Crippen LogP contribution in [0.3, 0.4) is 0 Å². The van der Waals surface area contributed by atoms with Gasteiger partial charge in [-0.15, -0.1) is 0 Å². The first-order valence-electron chi connectivity index (χ1n) is 13.2. The second-order valence-corrected chi connectivity index (χ2v) is 13.2. The van der Waals surface area contributed by atoms with E-state index in [4.69, 9.17) is 0 Å². The van der Waals surface area contributed by atoms with Gasteiger partial charge in [-0.25, -0.2) is 4.90 Å². The fourth-order valence-corrected chi connectivity index (χ4v) is 9.46. The third-order valence-electron chi connectivity index (χ3n) is 8.83. The molecule has 5 nitrogen and oxygen atoms in total. The van der Waals surface area contributed by atoms with Gasteiger partial charge in [0.2, 0.25) is 11.8 Å². The highest BCUT2D eigenvalue weighted by Crippen LogP contribution is 2.70. The molecule has 0 spiro atoms. The number of hydrogen-bond donors (Lipinski definition) is 0. The lowest BCUT2D eigenvalue weighted by atomic mass is 9.54. The Labute approximate surface area is 238 Å². The predicted octanol–water partition coefficient (Wildman–Crippen LogP) is 6.11. The number of nitrogens with zero attached hydrogens (tertiary/aromatic N) is 2. The second kappa shape index (κ2) is 8.62. The molecule has 2 bridgehead atoms. The number of likely N-dealkylation sites (tertiary alicyclic amines) is 1. The minimum absolute atomic E-state index is 0.0425. The Hall–Kier alpha value is -2.77. The van der Waals surface area contributed by atoms with E-state index in [1.54, 1.807) is 24.3 Å². The average molecular weight is 634 g/mol. The van der Waals surface area contributed by atoms with Crippen LogP contribution < -0.4 is 4.90 Å². The van der Waals surface area contributed by atoms with E-state index in [0.717, 1.165) is 61.0 Å². The molecule has 3 aliphatic carbocycles. The first-order valence-corrected chi connectivity index (χ1v) is 14.8. The summed E-state index contributed by atoms with van der Waals surface area (Å²) >= 11 is 8.09. The van der Waals surface area contributed by atoms with Crippen LogP contribution in [0.25, 0.3) is 0 Å². The Balaban J connectivity index is 1.34. The van der Waals surface area contributed by atoms with Crippen LogP contribution in [0.15, 0.2) is 72.8 Å². The summed E-state index contributed by atoms with van der Waals surface area (Å²) in [6.45, 7) is 1.48. The second-order valence-electron chi connectivity index (χ2n) is 10.7. The third-order valence-corrected chi connectivity index (χ3v) is 11.5. The molecule has 2 fully saturated rings. The molecule has 2 aliphatic heterocycles. The fraction of sp³-hybridized carbons (Fsp3) is 0.323. The Kier molecular flexibility index (Phi) is 5.51. The number of rotatable bonds is 2. The van der Waals surface area contributed by atoms with E-state index < -0.39 is 20.5 Å². The number of amides is 3. The summed E-state index contributed by atoms with van der Waals surface area (Å²) in [5.41, 5.74) is 4.98. The van der Waals surface area contributed by atoms with Gasteiger partial charge in [-0.05, 0) is 53.3 Å². The minimum atomic E-state index is -0.832. The van der Waals surface area contributed by atoms with E-state index in [1.165, 1.54) is 4.90 Å². The summed E-state index contributed by atoms with van der Waals surface area (Å²) in [6, 6.07) is 23.1. The zero-order chi connectivity index (χ0) is 26.2. The summed E-state index contributed by atoms with van der Waals surface area (Å²) in [4.78, 5) is 45.2. The molecule has 0 radical (unpaired) electrons. The zero-order valence-corrected chi connectivity index (χ0v) is 23.9.